The Morgan fingerprint density at radius 2 is 1.88 bits per heavy atom. The second-order valence-corrected chi connectivity index (χ2v) is 6.47. The average Bonchev–Trinajstić information content (AvgIpc) is 2.54. The average molecular weight is 346 g/mol. The van der Waals surface area contributed by atoms with Crippen molar-refractivity contribution < 1.29 is 9.13 Å². The first-order valence-electron chi connectivity index (χ1n) is 7.95. The summed E-state index contributed by atoms with van der Waals surface area (Å²) in [6, 6.07) is 14.3. The van der Waals surface area contributed by atoms with Crippen LogP contribution in [0.4, 0.5) is 10.1 Å². The lowest BCUT2D eigenvalue weighted by molar-refractivity contribution is 0.414. The third-order valence-electron chi connectivity index (χ3n) is 3.61. The lowest BCUT2D eigenvalue weighted by Gasteiger charge is -2.23. The van der Waals surface area contributed by atoms with E-state index in [1.165, 1.54) is 12.1 Å². The molecule has 2 aromatic rings. The first-order valence-corrected chi connectivity index (χ1v) is 8.36. The maximum absolute atomic E-state index is 13.3. The Hall–Kier alpha value is -2.14. The molecule has 0 aliphatic carbocycles. The lowest BCUT2D eigenvalue weighted by Crippen LogP contribution is -2.33. The van der Waals surface area contributed by atoms with E-state index >= 15 is 0 Å². The topological polar surface area (TPSA) is 33.3 Å². The van der Waals surface area contributed by atoms with Crippen molar-refractivity contribution in [3.63, 3.8) is 0 Å². The molecule has 0 aliphatic rings. The molecule has 0 saturated carbocycles. The number of rotatable bonds is 6. The van der Waals surface area contributed by atoms with Gasteiger partial charge in [-0.3, -0.25) is 0 Å². The smallest absolute Gasteiger partial charge is 0.171 e. The molecule has 1 atom stereocenters. The fourth-order valence-electron chi connectivity index (χ4n) is 2.48. The van der Waals surface area contributed by atoms with E-state index in [1.807, 2.05) is 24.3 Å². The Labute approximate surface area is 148 Å². The summed E-state index contributed by atoms with van der Waals surface area (Å²) in [5, 5.41) is 6.84. The van der Waals surface area contributed by atoms with Gasteiger partial charge in [0.15, 0.2) is 5.11 Å². The quantitative estimate of drug-likeness (QED) is 0.728. The van der Waals surface area contributed by atoms with Crippen LogP contribution < -0.4 is 15.4 Å². The largest absolute Gasteiger partial charge is 0.497 e. The summed E-state index contributed by atoms with van der Waals surface area (Å²) >= 11 is 5.39. The summed E-state index contributed by atoms with van der Waals surface area (Å²) < 4.78 is 18.5. The predicted octanol–water partition coefficient (Wildman–Crippen LogP) is 4.91. The van der Waals surface area contributed by atoms with Gasteiger partial charge in [0, 0.05) is 5.69 Å². The zero-order valence-electron chi connectivity index (χ0n) is 14.2. The molecule has 2 N–H and O–H groups in total. The van der Waals surface area contributed by atoms with Crippen molar-refractivity contribution >= 4 is 23.0 Å². The first-order chi connectivity index (χ1) is 11.5. The highest BCUT2D eigenvalue weighted by Crippen LogP contribution is 2.24. The van der Waals surface area contributed by atoms with Crippen molar-refractivity contribution in [2.45, 2.75) is 26.3 Å². The maximum Gasteiger partial charge on any atom is 0.171 e. The van der Waals surface area contributed by atoms with Gasteiger partial charge in [0.25, 0.3) is 0 Å². The minimum Gasteiger partial charge on any atom is -0.497 e. The minimum atomic E-state index is -0.295. The SMILES string of the molecule is COc1ccc([C@H](CC(C)C)NC(=S)Nc2cccc(F)c2)cc1. The molecule has 0 amide bonds. The van der Waals surface area contributed by atoms with E-state index in [9.17, 15) is 4.39 Å². The van der Waals surface area contributed by atoms with E-state index in [2.05, 4.69) is 24.5 Å². The molecule has 0 spiro atoms. The molecule has 2 aromatic carbocycles. The van der Waals surface area contributed by atoms with Gasteiger partial charge in [0.2, 0.25) is 0 Å². The number of hydrogen-bond donors (Lipinski definition) is 2. The fraction of sp³-hybridized carbons (Fsp3) is 0.316. The van der Waals surface area contributed by atoms with Crippen LogP contribution in [-0.2, 0) is 0 Å². The van der Waals surface area contributed by atoms with Gasteiger partial charge in [0.05, 0.1) is 13.2 Å². The highest BCUT2D eigenvalue weighted by atomic mass is 32.1. The molecule has 0 unspecified atom stereocenters. The molecule has 128 valence electrons. The summed E-state index contributed by atoms with van der Waals surface area (Å²) in [6.07, 6.45) is 0.928. The molecule has 0 radical (unpaired) electrons. The van der Waals surface area contributed by atoms with Gasteiger partial charge in [-0.25, -0.2) is 4.39 Å². The van der Waals surface area contributed by atoms with Gasteiger partial charge >= 0.3 is 0 Å². The minimum absolute atomic E-state index is 0.0736. The molecule has 0 aromatic heterocycles. The first kappa shape index (κ1) is 18.2. The van der Waals surface area contributed by atoms with E-state index in [0.717, 1.165) is 17.7 Å². The highest BCUT2D eigenvalue weighted by molar-refractivity contribution is 7.80. The van der Waals surface area contributed by atoms with Crippen LogP contribution in [0.5, 0.6) is 5.75 Å². The zero-order valence-corrected chi connectivity index (χ0v) is 15.0. The molecule has 2 rings (SSSR count). The van der Waals surface area contributed by atoms with E-state index in [4.69, 9.17) is 17.0 Å². The van der Waals surface area contributed by atoms with Crippen LogP contribution in [0, 0.1) is 11.7 Å². The van der Waals surface area contributed by atoms with Crippen LogP contribution in [0.3, 0.4) is 0 Å². The van der Waals surface area contributed by atoms with Gasteiger partial charge in [-0.05, 0) is 60.5 Å². The van der Waals surface area contributed by atoms with Crippen molar-refractivity contribution in [2.24, 2.45) is 5.92 Å². The lowest BCUT2D eigenvalue weighted by atomic mass is 9.97. The molecule has 24 heavy (non-hydrogen) atoms. The number of nitrogens with one attached hydrogen (secondary N) is 2. The Bertz CT molecular complexity index is 673. The number of anilines is 1. The molecule has 0 fully saturated rings. The third-order valence-corrected chi connectivity index (χ3v) is 3.83. The van der Waals surface area contributed by atoms with Crippen LogP contribution >= 0.6 is 12.2 Å². The van der Waals surface area contributed by atoms with Gasteiger partial charge in [-0.15, -0.1) is 0 Å². The monoisotopic (exact) mass is 346 g/mol. The second-order valence-electron chi connectivity index (χ2n) is 6.06. The van der Waals surface area contributed by atoms with Crippen LogP contribution in [0.15, 0.2) is 48.5 Å². The van der Waals surface area contributed by atoms with Crippen LogP contribution in [0.25, 0.3) is 0 Å². The Morgan fingerprint density at radius 3 is 2.46 bits per heavy atom. The summed E-state index contributed by atoms with van der Waals surface area (Å²) in [7, 11) is 1.65. The fourth-order valence-corrected chi connectivity index (χ4v) is 2.74. The summed E-state index contributed by atoms with van der Waals surface area (Å²) in [5.41, 5.74) is 1.76. The molecule has 0 bridgehead atoms. The van der Waals surface area contributed by atoms with Gasteiger partial charge in [-0.2, -0.15) is 0 Å². The Morgan fingerprint density at radius 1 is 1.17 bits per heavy atom. The molecular weight excluding hydrogens is 323 g/mol. The number of hydrogen-bond acceptors (Lipinski definition) is 2. The zero-order chi connectivity index (χ0) is 17.5. The van der Waals surface area contributed by atoms with Crippen LogP contribution in [0.1, 0.15) is 31.9 Å². The highest BCUT2D eigenvalue weighted by Gasteiger charge is 2.15. The molecular formula is C19H23FN2OS. The number of benzene rings is 2. The molecule has 0 aliphatic heterocycles. The maximum atomic E-state index is 13.3. The van der Waals surface area contributed by atoms with E-state index in [0.29, 0.717) is 16.7 Å². The van der Waals surface area contributed by atoms with Gasteiger partial charge in [0.1, 0.15) is 11.6 Å². The van der Waals surface area contributed by atoms with Crippen molar-refractivity contribution in [3.8, 4) is 5.75 Å². The van der Waals surface area contributed by atoms with Crippen LogP contribution in [0.2, 0.25) is 0 Å². The molecule has 0 heterocycles. The van der Waals surface area contributed by atoms with Crippen molar-refractivity contribution in [1.29, 1.82) is 0 Å². The second kappa shape index (κ2) is 8.64. The number of methoxy groups -OCH3 is 1. The summed E-state index contributed by atoms with van der Waals surface area (Å²) in [6.45, 7) is 4.34. The Balaban J connectivity index is 2.08. The summed E-state index contributed by atoms with van der Waals surface area (Å²) in [4.78, 5) is 0. The number of ether oxygens (including phenoxy) is 1. The van der Waals surface area contributed by atoms with Crippen LogP contribution in [-0.4, -0.2) is 12.2 Å². The normalized spacial score (nSPS) is 11.9. The molecule has 0 saturated heterocycles. The van der Waals surface area contributed by atoms with E-state index in [1.54, 1.807) is 19.2 Å². The molecule has 5 heteroatoms. The van der Waals surface area contributed by atoms with Crippen molar-refractivity contribution in [3.05, 3.63) is 59.9 Å². The standard InChI is InChI=1S/C19H23FN2OS/c1-13(2)11-18(14-7-9-17(23-3)10-8-14)22-19(24)21-16-6-4-5-15(20)12-16/h4-10,12-13,18H,11H2,1-3H3,(H2,21,22,24)/t18-/m0/s1. The van der Waals surface area contributed by atoms with Gasteiger partial charge < -0.3 is 15.4 Å². The predicted molar refractivity (Wildman–Crippen MR) is 101 cm³/mol. The van der Waals surface area contributed by atoms with E-state index < -0.39 is 0 Å². The van der Waals surface area contributed by atoms with Crippen molar-refractivity contribution in [1.82, 2.24) is 5.32 Å². The Kier molecular flexibility index (Phi) is 6.55. The van der Waals surface area contributed by atoms with Gasteiger partial charge in [-0.1, -0.05) is 32.0 Å². The summed E-state index contributed by atoms with van der Waals surface area (Å²) in [5.74, 6) is 1.03. The molecule has 3 nitrogen and oxygen atoms in total. The number of thiocarbonyl (C=S) groups is 1. The van der Waals surface area contributed by atoms with E-state index in [-0.39, 0.29) is 11.9 Å². The third kappa shape index (κ3) is 5.49. The number of halogens is 1. The van der Waals surface area contributed by atoms with Crippen molar-refractivity contribution in [2.75, 3.05) is 12.4 Å².